The van der Waals surface area contributed by atoms with Gasteiger partial charge in [-0.2, -0.15) is 13.2 Å². The van der Waals surface area contributed by atoms with Gasteiger partial charge in [-0.15, -0.1) is 0 Å². The quantitative estimate of drug-likeness (QED) is 0.837. The molecule has 0 saturated heterocycles. The Morgan fingerprint density at radius 2 is 2.19 bits per heavy atom. The Morgan fingerprint density at radius 3 is 2.76 bits per heavy atom. The van der Waals surface area contributed by atoms with Crippen molar-refractivity contribution in [3.63, 3.8) is 0 Å². The number of hydrogen-bond acceptors (Lipinski definition) is 4. The number of halogens is 3. The number of hydrogen-bond donors (Lipinski definition) is 2. The van der Waals surface area contributed by atoms with Gasteiger partial charge in [-0.05, 0) is 13.0 Å². The number of rotatable bonds is 3. The van der Waals surface area contributed by atoms with E-state index in [2.05, 4.69) is 15.4 Å². The Balaban J connectivity index is 2.26. The van der Waals surface area contributed by atoms with Crippen molar-refractivity contribution in [1.29, 1.82) is 0 Å². The highest BCUT2D eigenvalue weighted by atomic mass is 19.4. The van der Waals surface area contributed by atoms with Gasteiger partial charge in [0.25, 0.3) is 0 Å². The lowest BCUT2D eigenvalue weighted by atomic mass is 9.98. The van der Waals surface area contributed by atoms with E-state index in [1.807, 2.05) is 0 Å². The molecule has 0 aliphatic carbocycles. The molecule has 1 aromatic heterocycles. The number of ether oxygens (including phenoxy) is 1. The summed E-state index contributed by atoms with van der Waals surface area (Å²) >= 11 is 0. The SMILES string of the molecule is CC1=C(C(=O)OCC(F)(F)F)C(c2ccoc2)NC(=O)N1. The van der Waals surface area contributed by atoms with Gasteiger partial charge in [0.2, 0.25) is 0 Å². The van der Waals surface area contributed by atoms with E-state index in [-0.39, 0.29) is 11.3 Å². The Labute approximate surface area is 116 Å². The number of carbonyl (C=O) groups is 2. The van der Waals surface area contributed by atoms with Gasteiger partial charge in [-0.25, -0.2) is 9.59 Å². The summed E-state index contributed by atoms with van der Waals surface area (Å²) in [6.45, 7) is -0.301. The minimum atomic E-state index is -4.62. The first-order valence-corrected chi connectivity index (χ1v) is 5.82. The first kappa shape index (κ1) is 14.9. The smallest absolute Gasteiger partial charge is 0.422 e. The number of allylic oxidation sites excluding steroid dienone is 1. The van der Waals surface area contributed by atoms with E-state index in [4.69, 9.17) is 4.42 Å². The summed E-state index contributed by atoms with van der Waals surface area (Å²) in [5.74, 6) is -1.16. The van der Waals surface area contributed by atoms with Crippen LogP contribution in [0.5, 0.6) is 0 Å². The molecule has 2 heterocycles. The van der Waals surface area contributed by atoms with E-state index in [1.165, 1.54) is 25.5 Å². The number of amides is 2. The van der Waals surface area contributed by atoms with Crippen LogP contribution in [0.3, 0.4) is 0 Å². The van der Waals surface area contributed by atoms with Crippen LogP contribution in [0.25, 0.3) is 0 Å². The highest BCUT2D eigenvalue weighted by Crippen LogP contribution is 2.28. The highest BCUT2D eigenvalue weighted by molar-refractivity contribution is 5.94. The maximum Gasteiger partial charge on any atom is 0.422 e. The average Bonchev–Trinajstić information content (AvgIpc) is 2.87. The third-order valence-electron chi connectivity index (χ3n) is 2.73. The van der Waals surface area contributed by atoms with Crippen molar-refractivity contribution in [2.45, 2.75) is 19.1 Å². The zero-order valence-corrected chi connectivity index (χ0v) is 10.8. The van der Waals surface area contributed by atoms with E-state index < -0.39 is 30.8 Å². The van der Waals surface area contributed by atoms with Crippen LogP contribution in [-0.2, 0) is 9.53 Å². The predicted octanol–water partition coefficient (Wildman–Crippen LogP) is 2.01. The van der Waals surface area contributed by atoms with Gasteiger partial charge in [0, 0.05) is 11.3 Å². The van der Waals surface area contributed by atoms with E-state index in [0.717, 1.165) is 0 Å². The van der Waals surface area contributed by atoms with E-state index in [9.17, 15) is 22.8 Å². The molecule has 1 aliphatic heterocycles. The summed E-state index contributed by atoms with van der Waals surface area (Å²) in [6.07, 6.45) is -2.03. The monoisotopic (exact) mass is 304 g/mol. The van der Waals surface area contributed by atoms with Crippen LogP contribution in [0.1, 0.15) is 18.5 Å². The van der Waals surface area contributed by atoms with Crippen molar-refractivity contribution in [2.75, 3.05) is 6.61 Å². The number of carbonyl (C=O) groups excluding carboxylic acids is 2. The second kappa shape index (κ2) is 5.51. The van der Waals surface area contributed by atoms with E-state index in [1.54, 1.807) is 0 Å². The van der Waals surface area contributed by atoms with Gasteiger partial charge in [-0.1, -0.05) is 0 Å². The lowest BCUT2D eigenvalue weighted by molar-refractivity contribution is -0.183. The molecular formula is C12H11F3N2O4. The lowest BCUT2D eigenvalue weighted by Gasteiger charge is -2.27. The molecule has 0 fully saturated rings. The number of alkyl halides is 3. The molecule has 1 unspecified atom stereocenters. The van der Waals surface area contributed by atoms with E-state index >= 15 is 0 Å². The predicted molar refractivity (Wildman–Crippen MR) is 62.8 cm³/mol. The van der Waals surface area contributed by atoms with Crippen LogP contribution < -0.4 is 10.6 Å². The standard InChI is InChI=1S/C12H11F3N2O4/c1-6-8(10(18)21-5-12(13,14)15)9(17-11(19)16-6)7-2-3-20-4-7/h2-4,9H,5H2,1H3,(H2,16,17,19). The number of nitrogens with one attached hydrogen (secondary N) is 2. The van der Waals surface area contributed by atoms with Crippen molar-refractivity contribution >= 4 is 12.0 Å². The lowest BCUT2D eigenvalue weighted by Crippen LogP contribution is -2.45. The average molecular weight is 304 g/mol. The first-order valence-electron chi connectivity index (χ1n) is 5.82. The fraction of sp³-hybridized carbons (Fsp3) is 0.333. The summed E-state index contributed by atoms with van der Waals surface area (Å²) in [6, 6.07) is -0.0232. The van der Waals surface area contributed by atoms with Crippen LogP contribution in [0.15, 0.2) is 34.3 Å². The third kappa shape index (κ3) is 3.56. The second-order valence-electron chi connectivity index (χ2n) is 4.32. The molecule has 2 amide bonds. The number of furan rings is 1. The van der Waals surface area contributed by atoms with Crippen molar-refractivity contribution in [3.05, 3.63) is 35.4 Å². The van der Waals surface area contributed by atoms with Crippen LogP contribution in [0.2, 0.25) is 0 Å². The van der Waals surface area contributed by atoms with Crippen LogP contribution in [0, 0.1) is 0 Å². The molecule has 21 heavy (non-hydrogen) atoms. The van der Waals surface area contributed by atoms with Crippen molar-refractivity contribution in [3.8, 4) is 0 Å². The van der Waals surface area contributed by atoms with Gasteiger partial charge >= 0.3 is 18.2 Å². The summed E-state index contributed by atoms with van der Waals surface area (Å²) in [4.78, 5) is 23.3. The summed E-state index contributed by atoms with van der Waals surface area (Å²) in [7, 11) is 0. The molecule has 0 spiro atoms. The number of esters is 1. The maximum absolute atomic E-state index is 12.1. The fourth-order valence-corrected chi connectivity index (χ4v) is 1.88. The Morgan fingerprint density at radius 1 is 1.48 bits per heavy atom. The fourth-order valence-electron chi connectivity index (χ4n) is 1.88. The minimum absolute atomic E-state index is 0.111. The summed E-state index contributed by atoms with van der Waals surface area (Å²) in [5, 5.41) is 4.74. The molecule has 0 radical (unpaired) electrons. The van der Waals surface area contributed by atoms with Gasteiger partial charge in [0.05, 0.1) is 24.1 Å². The second-order valence-corrected chi connectivity index (χ2v) is 4.32. The molecule has 114 valence electrons. The molecular weight excluding hydrogens is 293 g/mol. The summed E-state index contributed by atoms with van der Waals surface area (Å²) < 4.78 is 45.4. The molecule has 1 aliphatic rings. The van der Waals surface area contributed by atoms with Crippen LogP contribution in [-0.4, -0.2) is 24.8 Å². The highest BCUT2D eigenvalue weighted by Gasteiger charge is 2.35. The van der Waals surface area contributed by atoms with E-state index in [0.29, 0.717) is 5.56 Å². The molecule has 0 saturated carbocycles. The van der Waals surface area contributed by atoms with Crippen molar-refractivity contribution < 1.29 is 31.9 Å². The zero-order chi connectivity index (χ0) is 15.6. The van der Waals surface area contributed by atoms with Gasteiger partial charge in [-0.3, -0.25) is 0 Å². The van der Waals surface area contributed by atoms with Crippen LogP contribution >= 0.6 is 0 Å². The van der Waals surface area contributed by atoms with Gasteiger partial charge in [0.1, 0.15) is 0 Å². The molecule has 1 atom stereocenters. The minimum Gasteiger partial charge on any atom is -0.472 e. The Hall–Kier alpha value is -2.45. The Kier molecular flexibility index (Phi) is 3.92. The largest absolute Gasteiger partial charge is 0.472 e. The zero-order valence-electron chi connectivity index (χ0n) is 10.8. The normalized spacial score (nSPS) is 19.0. The molecule has 2 rings (SSSR count). The van der Waals surface area contributed by atoms with Gasteiger partial charge in [0.15, 0.2) is 6.61 Å². The van der Waals surface area contributed by atoms with Crippen LogP contribution in [0.4, 0.5) is 18.0 Å². The Bertz CT molecular complexity index is 578. The third-order valence-corrected chi connectivity index (χ3v) is 2.73. The molecule has 6 nitrogen and oxygen atoms in total. The van der Waals surface area contributed by atoms with Crippen molar-refractivity contribution in [2.24, 2.45) is 0 Å². The molecule has 9 heteroatoms. The number of urea groups is 1. The molecule has 1 aromatic rings. The maximum atomic E-state index is 12.1. The summed E-state index contributed by atoms with van der Waals surface area (Å²) in [5.41, 5.74) is 0.431. The van der Waals surface area contributed by atoms with Gasteiger partial charge < -0.3 is 19.8 Å². The molecule has 0 bridgehead atoms. The van der Waals surface area contributed by atoms with Crippen molar-refractivity contribution in [1.82, 2.24) is 10.6 Å². The topological polar surface area (TPSA) is 80.6 Å². The first-order chi connectivity index (χ1) is 9.78. The molecule has 2 N–H and O–H groups in total. The molecule has 0 aromatic carbocycles.